The highest BCUT2D eigenvalue weighted by Gasteiger charge is 2.27. The van der Waals surface area contributed by atoms with Crippen molar-refractivity contribution in [1.82, 2.24) is 5.32 Å². The van der Waals surface area contributed by atoms with Crippen molar-refractivity contribution in [2.24, 2.45) is 0 Å². The van der Waals surface area contributed by atoms with E-state index in [4.69, 9.17) is 0 Å². The molecule has 0 radical (unpaired) electrons. The Morgan fingerprint density at radius 2 is 0.413 bits per heavy atom. The third-order valence-corrected chi connectivity index (χ3v) is 11.1. The summed E-state index contributed by atoms with van der Waals surface area (Å²) in [6.45, 7) is 10.5. The minimum atomic E-state index is 0.421. The zero-order chi connectivity index (χ0) is 33.5. The van der Waals surface area contributed by atoms with E-state index >= 15 is 0 Å². The summed E-state index contributed by atoms with van der Waals surface area (Å²) in [6.07, 6.45) is 56.7. The highest BCUT2D eigenvalue weighted by molar-refractivity contribution is 4.87. The Hall–Kier alpha value is -0.0400. The Morgan fingerprint density at radius 3 is 0.587 bits per heavy atom. The van der Waals surface area contributed by atoms with Gasteiger partial charge in [0.15, 0.2) is 0 Å². The SMILES string of the molecule is CCCCCCCCCCCCCCC(CCCCCCCCCCCCCC)(CCCCCCCCCCCCCC)NCC. The van der Waals surface area contributed by atoms with Crippen LogP contribution in [-0.4, -0.2) is 12.1 Å². The molecule has 0 rings (SSSR count). The largest absolute Gasteiger partial charge is 0.312 e. The Bertz CT molecular complexity index is 458. The van der Waals surface area contributed by atoms with Crippen LogP contribution in [0.5, 0.6) is 0 Å². The third-order valence-electron chi connectivity index (χ3n) is 11.1. The number of rotatable bonds is 41. The molecule has 0 spiro atoms. The van der Waals surface area contributed by atoms with E-state index in [0.29, 0.717) is 5.54 Å². The molecule has 0 saturated heterocycles. The van der Waals surface area contributed by atoms with Crippen LogP contribution in [0.25, 0.3) is 0 Å². The smallest absolute Gasteiger partial charge is 0.0181 e. The topological polar surface area (TPSA) is 12.0 Å². The molecule has 0 heterocycles. The van der Waals surface area contributed by atoms with Gasteiger partial charge in [-0.2, -0.15) is 0 Å². The summed E-state index contributed by atoms with van der Waals surface area (Å²) in [5.74, 6) is 0. The molecule has 1 heteroatoms. The second kappa shape index (κ2) is 39.4. The fourth-order valence-corrected chi connectivity index (χ4v) is 7.93. The molecule has 0 aliphatic rings. The normalized spacial score (nSPS) is 12.0. The molecule has 0 atom stereocenters. The summed E-state index contributed by atoms with van der Waals surface area (Å²) >= 11 is 0. The lowest BCUT2D eigenvalue weighted by molar-refractivity contribution is 0.240. The summed E-state index contributed by atoms with van der Waals surface area (Å²) in [4.78, 5) is 0. The van der Waals surface area contributed by atoms with Crippen LogP contribution in [0, 0.1) is 0 Å². The van der Waals surface area contributed by atoms with E-state index in [2.05, 4.69) is 33.0 Å². The molecule has 0 aromatic rings. The number of unbranched alkanes of at least 4 members (excludes halogenated alkanes) is 33. The Morgan fingerprint density at radius 1 is 0.239 bits per heavy atom. The fourth-order valence-electron chi connectivity index (χ4n) is 7.93. The molecular weight excluding hydrogens is 555 g/mol. The van der Waals surface area contributed by atoms with Crippen molar-refractivity contribution in [3.05, 3.63) is 0 Å². The van der Waals surface area contributed by atoms with Crippen molar-refractivity contribution < 1.29 is 0 Å². The van der Waals surface area contributed by atoms with Crippen LogP contribution in [-0.2, 0) is 0 Å². The highest BCUT2D eigenvalue weighted by atomic mass is 15.0. The summed E-state index contributed by atoms with van der Waals surface area (Å²) in [7, 11) is 0. The lowest BCUT2D eigenvalue weighted by Crippen LogP contribution is -2.45. The molecule has 0 aromatic carbocycles. The predicted octanol–water partition coefficient (Wildman–Crippen LogP) is 16.6. The Balaban J connectivity index is 4.34. The second-order valence-corrected chi connectivity index (χ2v) is 15.7. The van der Waals surface area contributed by atoms with E-state index in [1.165, 1.54) is 250 Å². The first kappa shape index (κ1) is 46.0. The van der Waals surface area contributed by atoms with Gasteiger partial charge in [-0.3, -0.25) is 0 Å². The maximum Gasteiger partial charge on any atom is 0.0181 e. The van der Waals surface area contributed by atoms with Gasteiger partial charge in [-0.05, 0) is 25.8 Å². The summed E-state index contributed by atoms with van der Waals surface area (Å²) in [5, 5.41) is 4.12. The molecule has 0 aliphatic carbocycles. The van der Waals surface area contributed by atoms with Gasteiger partial charge >= 0.3 is 0 Å². The second-order valence-electron chi connectivity index (χ2n) is 15.7. The number of nitrogens with one attached hydrogen (secondary N) is 1. The zero-order valence-corrected chi connectivity index (χ0v) is 33.3. The van der Waals surface area contributed by atoms with Crippen molar-refractivity contribution >= 4 is 0 Å². The summed E-state index contributed by atoms with van der Waals surface area (Å²) < 4.78 is 0. The van der Waals surface area contributed by atoms with Gasteiger partial charge in [0.2, 0.25) is 0 Å². The monoisotopic (exact) mass is 648 g/mol. The van der Waals surface area contributed by atoms with Gasteiger partial charge in [-0.1, -0.05) is 259 Å². The van der Waals surface area contributed by atoms with Gasteiger partial charge in [0.05, 0.1) is 0 Å². The van der Waals surface area contributed by atoms with Gasteiger partial charge in [-0.25, -0.2) is 0 Å². The third kappa shape index (κ3) is 33.8. The lowest BCUT2D eigenvalue weighted by atomic mass is 9.81. The van der Waals surface area contributed by atoms with Crippen LogP contribution in [0.2, 0.25) is 0 Å². The first-order valence-corrected chi connectivity index (χ1v) is 22.5. The standard InChI is InChI=1S/C45H93N/c1-5-9-12-15-18-21-24-27-30-33-36-39-42-45(46-8-4,43-40-37-34-31-28-25-22-19-16-13-10-6-2)44-41-38-35-32-29-26-23-20-17-14-11-7-3/h46H,5-44H2,1-4H3. The zero-order valence-electron chi connectivity index (χ0n) is 33.3. The van der Waals surface area contributed by atoms with E-state index in [1.54, 1.807) is 0 Å². The van der Waals surface area contributed by atoms with Crippen LogP contribution < -0.4 is 5.32 Å². The van der Waals surface area contributed by atoms with Crippen molar-refractivity contribution in [2.75, 3.05) is 6.54 Å². The molecule has 0 aliphatic heterocycles. The van der Waals surface area contributed by atoms with Crippen LogP contribution in [0.15, 0.2) is 0 Å². The van der Waals surface area contributed by atoms with Gasteiger partial charge < -0.3 is 5.32 Å². The molecule has 46 heavy (non-hydrogen) atoms. The fraction of sp³-hybridized carbons (Fsp3) is 1.00. The van der Waals surface area contributed by atoms with E-state index in [9.17, 15) is 0 Å². The summed E-state index contributed by atoms with van der Waals surface area (Å²) in [6, 6.07) is 0. The molecule has 1 N–H and O–H groups in total. The minimum absolute atomic E-state index is 0.421. The van der Waals surface area contributed by atoms with Crippen molar-refractivity contribution in [3.8, 4) is 0 Å². The van der Waals surface area contributed by atoms with Crippen LogP contribution >= 0.6 is 0 Å². The lowest BCUT2D eigenvalue weighted by Gasteiger charge is -2.36. The summed E-state index contributed by atoms with van der Waals surface area (Å²) in [5.41, 5.74) is 0.421. The first-order chi connectivity index (χ1) is 22.7. The average molecular weight is 648 g/mol. The van der Waals surface area contributed by atoms with Crippen molar-refractivity contribution in [2.45, 2.75) is 284 Å². The molecule has 0 amide bonds. The molecule has 1 nitrogen and oxygen atoms in total. The molecule has 0 saturated carbocycles. The van der Waals surface area contributed by atoms with Gasteiger partial charge in [-0.15, -0.1) is 0 Å². The molecule has 0 bridgehead atoms. The van der Waals surface area contributed by atoms with Crippen LogP contribution in [0.3, 0.4) is 0 Å². The van der Waals surface area contributed by atoms with E-state index in [0.717, 1.165) is 6.54 Å². The number of hydrogen-bond donors (Lipinski definition) is 1. The van der Waals surface area contributed by atoms with E-state index in [1.807, 2.05) is 0 Å². The van der Waals surface area contributed by atoms with Crippen molar-refractivity contribution in [3.63, 3.8) is 0 Å². The van der Waals surface area contributed by atoms with Crippen molar-refractivity contribution in [1.29, 1.82) is 0 Å². The average Bonchev–Trinajstić information content (AvgIpc) is 3.06. The van der Waals surface area contributed by atoms with Gasteiger partial charge in [0.1, 0.15) is 0 Å². The predicted molar refractivity (Wildman–Crippen MR) is 213 cm³/mol. The first-order valence-electron chi connectivity index (χ1n) is 22.5. The van der Waals surface area contributed by atoms with Gasteiger partial charge in [0.25, 0.3) is 0 Å². The molecular formula is C45H93N. The highest BCUT2D eigenvalue weighted by Crippen LogP contribution is 2.30. The maximum absolute atomic E-state index is 4.12. The molecule has 0 unspecified atom stereocenters. The Kier molecular flexibility index (Phi) is 39.4. The number of hydrogen-bond acceptors (Lipinski definition) is 1. The molecule has 278 valence electrons. The van der Waals surface area contributed by atoms with Crippen LogP contribution in [0.1, 0.15) is 278 Å². The van der Waals surface area contributed by atoms with Gasteiger partial charge in [0, 0.05) is 5.54 Å². The van der Waals surface area contributed by atoms with E-state index < -0.39 is 0 Å². The van der Waals surface area contributed by atoms with E-state index in [-0.39, 0.29) is 0 Å². The molecule has 0 aromatic heterocycles. The minimum Gasteiger partial charge on any atom is -0.312 e. The van der Waals surface area contributed by atoms with Crippen LogP contribution in [0.4, 0.5) is 0 Å². The maximum atomic E-state index is 4.12. The quantitative estimate of drug-likeness (QED) is 0.0651. The molecule has 0 fully saturated rings. The Labute approximate surface area is 294 Å².